The minimum absolute atomic E-state index is 0.0363. The number of Topliss-reactive ketones (excluding diaryl/α,β-unsaturated/α-hetero) is 1. The van der Waals surface area contributed by atoms with Gasteiger partial charge in [-0.25, -0.2) is 0 Å². The van der Waals surface area contributed by atoms with Gasteiger partial charge in [-0.2, -0.15) is 0 Å². The number of carbonyl (C=O) groups is 2. The second-order valence-corrected chi connectivity index (χ2v) is 6.44. The molecule has 0 aliphatic carbocycles. The van der Waals surface area contributed by atoms with Crippen LogP contribution in [0, 0.1) is 5.92 Å². The van der Waals surface area contributed by atoms with Crippen LogP contribution in [0.3, 0.4) is 0 Å². The van der Waals surface area contributed by atoms with Gasteiger partial charge in [0.1, 0.15) is 18.5 Å². The Bertz CT molecular complexity index is 616. The maximum absolute atomic E-state index is 11.7. The molecular formula is C19H24O4. The van der Waals surface area contributed by atoms with E-state index in [4.69, 9.17) is 9.47 Å². The third-order valence-corrected chi connectivity index (χ3v) is 3.94. The quantitative estimate of drug-likeness (QED) is 0.437. The van der Waals surface area contributed by atoms with Crippen molar-refractivity contribution < 1.29 is 19.1 Å². The van der Waals surface area contributed by atoms with Crippen LogP contribution in [0.1, 0.15) is 49.5 Å². The van der Waals surface area contributed by atoms with Crippen LogP contribution in [0.25, 0.3) is 0 Å². The fraction of sp³-hybridized carbons (Fsp3) is 0.474. The minimum Gasteiger partial charge on any atom is -0.485 e. The summed E-state index contributed by atoms with van der Waals surface area (Å²) in [7, 11) is 0. The minimum atomic E-state index is -0.204. The maximum atomic E-state index is 11.7. The van der Waals surface area contributed by atoms with Crippen LogP contribution in [-0.2, 0) is 16.0 Å². The number of ketones is 1. The molecule has 0 fully saturated rings. The highest BCUT2D eigenvalue weighted by atomic mass is 16.5. The Balaban J connectivity index is 1.85. The molecule has 1 aromatic rings. The molecule has 1 aromatic carbocycles. The Labute approximate surface area is 137 Å². The van der Waals surface area contributed by atoms with E-state index in [9.17, 15) is 9.59 Å². The van der Waals surface area contributed by atoms with Gasteiger partial charge in [0, 0.05) is 24.0 Å². The highest BCUT2D eigenvalue weighted by molar-refractivity contribution is 5.94. The predicted molar refractivity (Wildman–Crippen MR) is 88.7 cm³/mol. The lowest BCUT2D eigenvalue weighted by Gasteiger charge is -2.14. The fourth-order valence-electron chi connectivity index (χ4n) is 2.44. The van der Waals surface area contributed by atoms with Crippen LogP contribution in [0.15, 0.2) is 30.4 Å². The van der Waals surface area contributed by atoms with Crippen molar-refractivity contribution in [2.75, 3.05) is 6.61 Å². The Morgan fingerprint density at radius 3 is 2.78 bits per heavy atom. The topological polar surface area (TPSA) is 52.6 Å². The molecule has 124 valence electrons. The first-order valence-corrected chi connectivity index (χ1v) is 8.00. The summed E-state index contributed by atoms with van der Waals surface area (Å²) < 4.78 is 11.1. The molecule has 1 aliphatic rings. The smallest absolute Gasteiger partial charge is 0.306 e. The van der Waals surface area contributed by atoms with Gasteiger partial charge < -0.3 is 9.47 Å². The number of carbonyl (C=O) groups excluding carboxylic acids is 2. The summed E-state index contributed by atoms with van der Waals surface area (Å²) in [5.74, 6) is 1.09. The zero-order valence-corrected chi connectivity index (χ0v) is 14.1. The highest BCUT2D eigenvalue weighted by Gasteiger charge is 2.26. The Morgan fingerprint density at radius 2 is 2.13 bits per heavy atom. The molecule has 2 rings (SSSR count). The van der Waals surface area contributed by atoms with Crippen molar-refractivity contribution in [2.24, 2.45) is 5.92 Å². The maximum Gasteiger partial charge on any atom is 0.306 e. The van der Waals surface area contributed by atoms with Gasteiger partial charge in [0.2, 0.25) is 0 Å². The molecular weight excluding hydrogens is 292 g/mol. The molecule has 0 saturated heterocycles. The predicted octanol–water partition coefficient (Wildman–Crippen LogP) is 3.73. The molecule has 23 heavy (non-hydrogen) atoms. The summed E-state index contributed by atoms with van der Waals surface area (Å²) in [6.45, 7) is 9.85. The lowest BCUT2D eigenvalue weighted by molar-refractivity contribution is -0.143. The molecule has 0 amide bonds. The van der Waals surface area contributed by atoms with E-state index in [0.717, 1.165) is 23.3 Å². The van der Waals surface area contributed by atoms with Gasteiger partial charge in [0.25, 0.3) is 0 Å². The lowest BCUT2D eigenvalue weighted by atomic mass is 10.0. The number of fused-ring (bicyclic) bond motifs is 1. The van der Waals surface area contributed by atoms with Crippen LogP contribution < -0.4 is 4.74 Å². The summed E-state index contributed by atoms with van der Waals surface area (Å²) in [6, 6.07) is 5.44. The Morgan fingerprint density at radius 1 is 1.39 bits per heavy atom. The SMILES string of the molecule is C=C(COC(=O)CCC(C)C)C1Cc2cc(C(C)=O)ccc2O1. The molecule has 1 atom stereocenters. The molecule has 1 heterocycles. The molecule has 1 aliphatic heterocycles. The van der Waals surface area contributed by atoms with Crippen molar-refractivity contribution in [1.29, 1.82) is 0 Å². The summed E-state index contributed by atoms with van der Waals surface area (Å²) in [6.07, 6.45) is 1.70. The highest BCUT2D eigenvalue weighted by Crippen LogP contribution is 2.32. The van der Waals surface area contributed by atoms with Crippen LogP contribution in [0.4, 0.5) is 0 Å². The van der Waals surface area contributed by atoms with Gasteiger partial charge in [-0.05, 0) is 43.0 Å². The van der Waals surface area contributed by atoms with Crippen LogP contribution in [-0.4, -0.2) is 24.5 Å². The van der Waals surface area contributed by atoms with Crippen molar-refractivity contribution in [3.05, 3.63) is 41.5 Å². The van der Waals surface area contributed by atoms with E-state index >= 15 is 0 Å². The number of hydrogen-bond acceptors (Lipinski definition) is 4. The average Bonchev–Trinajstić information content (AvgIpc) is 2.93. The van der Waals surface area contributed by atoms with Crippen molar-refractivity contribution in [3.8, 4) is 5.75 Å². The van der Waals surface area contributed by atoms with Crippen LogP contribution in [0.2, 0.25) is 0 Å². The molecule has 0 aromatic heterocycles. The van der Waals surface area contributed by atoms with E-state index in [1.807, 2.05) is 12.1 Å². The van der Waals surface area contributed by atoms with Crippen molar-refractivity contribution >= 4 is 11.8 Å². The lowest BCUT2D eigenvalue weighted by Crippen LogP contribution is -2.20. The van der Waals surface area contributed by atoms with Crippen LogP contribution in [0.5, 0.6) is 5.75 Å². The number of rotatable bonds is 7. The van der Waals surface area contributed by atoms with Gasteiger partial charge in [0.15, 0.2) is 5.78 Å². The van der Waals surface area contributed by atoms with E-state index in [-0.39, 0.29) is 24.5 Å². The first-order chi connectivity index (χ1) is 10.9. The van der Waals surface area contributed by atoms with Crippen molar-refractivity contribution in [1.82, 2.24) is 0 Å². The zero-order chi connectivity index (χ0) is 17.0. The molecule has 0 bridgehead atoms. The van der Waals surface area contributed by atoms with E-state index in [2.05, 4.69) is 20.4 Å². The molecule has 0 radical (unpaired) electrons. The summed E-state index contributed by atoms with van der Waals surface area (Å²) in [4.78, 5) is 23.1. The summed E-state index contributed by atoms with van der Waals surface area (Å²) in [5, 5.41) is 0. The van der Waals surface area contributed by atoms with Gasteiger partial charge in [-0.15, -0.1) is 0 Å². The number of ether oxygens (including phenoxy) is 2. The third kappa shape index (κ3) is 4.68. The van der Waals surface area contributed by atoms with E-state index in [1.54, 1.807) is 13.0 Å². The Kier molecular flexibility index (Phi) is 5.59. The molecule has 0 N–H and O–H groups in total. The first kappa shape index (κ1) is 17.3. The van der Waals surface area contributed by atoms with Crippen LogP contribution >= 0.6 is 0 Å². The number of hydrogen-bond donors (Lipinski definition) is 0. The molecule has 4 heteroatoms. The number of esters is 1. The molecule has 1 unspecified atom stereocenters. The summed E-state index contributed by atoms with van der Waals surface area (Å²) >= 11 is 0. The normalized spacial score (nSPS) is 15.9. The molecule has 0 saturated carbocycles. The van der Waals surface area contributed by atoms with Gasteiger partial charge in [-0.1, -0.05) is 20.4 Å². The standard InChI is InChI=1S/C19H24O4/c1-12(2)5-8-19(21)22-11-13(3)18-10-16-9-15(14(4)20)6-7-17(16)23-18/h6-7,9,12,18H,3,5,8,10-11H2,1-2,4H3. The number of benzene rings is 1. The average molecular weight is 316 g/mol. The second kappa shape index (κ2) is 7.44. The molecule has 0 spiro atoms. The van der Waals surface area contributed by atoms with Gasteiger partial charge in [-0.3, -0.25) is 9.59 Å². The first-order valence-electron chi connectivity index (χ1n) is 8.00. The van der Waals surface area contributed by atoms with Gasteiger partial charge >= 0.3 is 5.97 Å². The van der Waals surface area contributed by atoms with E-state index in [1.165, 1.54) is 0 Å². The molecule has 4 nitrogen and oxygen atoms in total. The Hall–Kier alpha value is -2.10. The van der Waals surface area contributed by atoms with Gasteiger partial charge in [0.05, 0.1) is 0 Å². The van der Waals surface area contributed by atoms with E-state index < -0.39 is 0 Å². The van der Waals surface area contributed by atoms with E-state index in [0.29, 0.717) is 24.3 Å². The second-order valence-electron chi connectivity index (χ2n) is 6.44. The van der Waals surface area contributed by atoms with Crippen molar-refractivity contribution in [3.63, 3.8) is 0 Å². The zero-order valence-electron chi connectivity index (χ0n) is 14.1. The largest absolute Gasteiger partial charge is 0.485 e. The van der Waals surface area contributed by atoms with Crippen molar-refractivity contribution in [2.45, 2.75) is 46.1 Å². The fourth-order valence-corrected chi connectivity index (χ4v) is 2.44. The summed E-state index contributed by atoms with van der Waals surface area (Å²) in [5.41, 5.74) is 2.41. The monoisotopic (exact) mass is 316 g/mol. The third-order valence-electron chi connectivity index (χ3n) is 3.94.